The number of amides is 2. The molecule has 3 rings (SSSR count). The molecule has 0 N–H and O–H groups in total. The molecule has 2 aromatic carbocycles. The zero-order chi connectivity index (χ0) is 16.4. The monoisotopic (exact) mass is 327 g/mol. The lowest BCUT2D eigenvalue weighted by Gasteiger charge is -2.28. The molecular formula is C18H14ClNO3. The highest BCUT2D eigenvalue weighted by Crippen LogP contribution is 2.35. The van der Waals surface area contributed by atoms with Gasteiger partial charge in [0.25, 0.3) is 11.8 Å². The Morgan fingerprint density at radius 2 is 1.65 bits per heavy atom. The fourth-order valence-electron chi connectivity index (χ4n) is 2.49. The Labute approximate surface area is 138 Å². The molecule has 23 heavy (non-hydrogen) atoms. The van der Waals surface area contributed by atoms with Crippen LogP contribution >= 0.6 is 11.6 Å². The molecule has 1 aliphatic rings. The minimum absolute atomic E-state index is 0.335. The molecule has 0 atom stereocenters. The van der Waals surface area contributed by atoms with Gasteiger partial charge in [0.05, 0.1) is 29.2 Å². The van der Waals surface area contributed by atoms with Crippen LogP contribution in [0.3, 0.4) is 0 Å². The van der Waals surface area contributed by atoms with Crippen LogP contribution in [0.15, 0.2) is 54.8 Å². The van der Waals surface area contributed by atoms with Crippen LogP contribution in [0, 0.1) is 0 Å². The molecule has 4 nitrogen and oxygen atoms in total. The van der Waals surface area contributed by atoms with Gasteiger partial charge in [0.2, 0.25) is 0 Å². The van der Waals surface area contributed by atoms with Crippen LogP contribution in [0.5, 0.6) is 0 Å². The summed E-state index contributed by atoms with van der Waals surface area (Å²) in [7, 11) is 0. The molecule has 0 saturated carbocycles. The molecule has 1 aliphatic heterocycles. The normalized spacial score (nSPS) is 15.7. The maximum atomic E-state index is 12.9. The van der Waals surface area contributed by atoms with Gasteiger partial charge in [0.15, 0.2) is 0 Å². The van der Waals surface area contributed by atoms with Gasteiger partial charge in [-0.2, -0.15) is 0 Å². The van der Waals surface area contributed by atoms with E-state index in [1.54, 1.807) is 48.5 Å². The highest BCUT2D eigenvalue weighted by Gasteiger charge is 2.36. The van der Waals surface area contributed by atoms with Crippen molar-refractivity contribution >= 4 is 34.7 Å². The van der Waals surface area contributed by atoms with Crippen molar-refractivity contribution in [1.29, 1.82) is 0 Å². The highest BCUT2D eigenvalue weighted by molar-refractivity contribution is 6.43. The molecule has 2 aromatic rings. The number of fused-ring (bicyclic) bond motifs is 1. The van der Waals surface area contributed by atoms with E-state index >= 15 is 0 Å². The van der Waals surface area contributed by atoms with Crippen molar-refractivity contribution in [1.82, 2.24) is 0 Å². The number of para-hydroxylation sites is 1. The number of nitrogens with zero attached hydrogens (tertiary/aromatic N) is 1. The second kappa shape index (κ2) is 6.26. The Morgan fingerprint density at radius 1 is 1.00 bits per heavy atom. The van der Waals surface area contributed by atoms with Crippen LogP contribution in [0.1, 0.15) is 22.8 Å². The third kappa shape index (κ3) is 2.62. The van der Waals surface area contributed by atoms with Gasteiger partial charge in [0, 0.05) is 11.1 Å². The molecule has 0 unspecified atom stereocenters. The summed E-state index contributed by atoms with van der Waals surface area (Å²) in [5.74, 6) is -0.845. The lowest BCUT2D eigenvalue weighted by molar-refractivity contribution is -0.113. The Balaban J connectivity index is 2.19. The largest absolute Gasteiger partial charge is 0.501 e. The third-order valence-corrected chi connectivity index (χ3v) is 3.87. The molecule has 0 radical (unpaired) electrons. The fraction of sp³-hybridized carbons (Fsp3) is 0.111. The number of halogens is 1. The number of anilines is 1. The van der Waals surface area contributed by atoms with Crippen molar-refractivity contribution in [3.05, 3.63) is 70.9 Å². The second-order valence-electron chi connectivity index (χ2n) is 4.93. The van der Waals surface area contributed by atoms with Crippen LogP contribution in [-0.4, -0.2) is 18.4 Å². The number of hydrogen-bond donors (Lipinski definition) is 0. The van der Waals surface area contributed by atoms with Gasteiger partial charge in [-0.1, -0.05) is 41.9 Å². The topological polar surface area (TPSA) is 46.6 Å². The summed E-state index contributed by atoms with van der Waals surface area (Å²) < 4.78 is 5.30. The Bertz CT molecular complexity index is 813. The van der Waals surface area contributed by atoms with E-state index in [0.29, 0.717) is 34.0 Å². The summed E-state index contributed by atoms with van der Waals surface area (Å²) in [5.41, 5.74) is 1.71. The summed E-state index contributed by atoms with van der Waals surface area (Å²) in [5, 5.41) is 0.337. The van der Waals surface area contributed by atoms with Crippen molar-refractivity contribution in [2.24, 2.45) is 0 Å². The minimum Gasteiger partial charge on any atom is -0.501 e. The number of benzene rings is 2. The smallest absolute Gasteiger partial charge is 0.269 e. The summed E-state index contributed by atoms with van der Waals surface area (Å²) >= 11 is 6.17. The van der Waals surface area contributed by atoms with Crippen molar-refractivity contribution < 1.29 is 14.3 Å². The number of carbonyl (C=O) groups is 2. The molecular weight excluding hydrogens is 314 g/mol. The predicted molar refractivity (Wildman–Crippen MR) is 89.3 cm³/mol. The second-order valence-corrected chi connectivity index (χ2v) is 5.34. The first-order valence-corrected chi connectivity index (χ1v) is 7.57. The van der Waals surface area contributed by atoms with Crippen LogP contribution in [0.25, 0.3) is 5.57 Å². The highest BCUT2D eigenvalue weighted by atomic mass is 35.5. The molecule has 1 heterocycles. The fourth-order valence-corrected chi connectivity index (χ4v) is 2.71. The van der Waals surface area contributed by atoms with E-state index in [-0.39, 0.29) is 0 Å². The predicted octanol–water partition coefficient (Wildman–Crippen LogP) is 3.90. The standard InChI is InChI=1S/C18H14ClNO3/c1-2-23-11-14-12-7-3-4-8-13(12)17(21)20(18(14)22)16-10-6-5-9-15(16)19/h3-11H,2H2,1H3/b14-11+. The first kappa shape index (κ1) is 15.3. The maximum Gasteiger partial charge on any atom is 0.269 e. The van der Waals surface area contributed by atoms with Crippen molar-refractivity contribution in [2.45, 2.75) is 6.92 Å². The van der Waals surface area contributed by atoms with E-state index in [4.69, 9.17) is 16.3 Å². The average molecular weight is 328 g/mol. The lowest BCUT2D eigenvalue weighted by atomic mass is 9.94. The van der Waals surface area contributed by atoms with E-state index in [9.17, 15) is 9.59 Å². The SMILES string of the molecule is CCO/C=C1/C(=O)N(c2ccccc2Cl)C(=O)c2ccccc21. The molecule has 0 aliphatic carbocycles. The van der Waals surface area contributed by atoms with Crippen molar-refractivity contribution in [2.75, 3.05) is 11.5 Å². The summed E-state index contributed by atoms with van der Waals surface area (Å²) in [4.78, 5) is 26.7. The van der Waals surface area contributed by atoms with Crippen LogP contribution in [0.4, 0.5) is 5.69 Å². The molecule has 0 bridgehead atoms. The van der Waals surface area contributed by atoms with Gasteiger partial charge in [0.1, 0.15) is 0 Å². The lowest BCUT2D eigenvalue weighted by Crippen LogP contribution is -2.42. The van der Waals surface area contributed by atoms with Crippen LogP contribution < -0.4 is 4.90 Å². The Morgan fingerprint density at radius 3 is 2.35 bits per heavy atom. The Hall–Kier alpha value is -2.59. The maximum absolute atomic E-state index is 12.9. The zero-order valence-electron chi connectivity index (χ0n) is 12.5. The van der Waals surface area contributed by atoms with Crippen LogP contribution in [0.2, 0.25) is 5.02 Å². The van der Waals surface area contributed by atoms with Crippen molar-refractivity contribution in [3.63, 3.8) is 0 Å². The number of carbonyl (C=O) groups excluding carboxylic acids is 2. The van der Waals surface area contributed by atoms with Crippen molar-refractivity contribution in [3.8, 4) is 0 Å². The number of hydrogen-bond acceptors (Lipinski definition) is 3. The molecule has 5 heteroatoms. The summed E-state index contributed by atoms with van der Waals surface area (Å²) in [6.45, 7) is 2.26. The molecule has 116 valence electrons. The van der Waals surface area contributed by atoms with E-state index in [0.717, 1.165) is 4.90 Å². The number of imide groups is 1. The first-order chi connectivity index (χ1) is 11.1. The van der Waals surface area contributed by atoms with E-state index in [1.807, 2.05) is 6.92 Å². The molecule has 0 spiro atoms. The van der Waals surface area contributed by atoms with E-state index in [2.05, 4.69) is 0 Å². The third-order valence-electron chi connectivity index (χ3n) is 3.55. The Kier molecular flexibility index (Phi) is 4.17. The number of rotatable bonds is 3. The average Bonchev–Trinajstić information content (AvgIpc) is 2.57. The molecule has 0 fully saturated rings. The minimum atomic E-state index is -0.449. The van der Waals surface area contributed by atoms with Gasteiger partial charge in [-0.25, -0.2) is 4.90 Å². The van der Waals surface area contributed by atoms with E-state index < -0.39 is 11.8 Å². The number of ether oxygens (including phenoxy) is 1. The van der Waals surface area contributed by atoms with E-state index in [1.165, 1.54) is 6.26 Å². The van der Waals surface area contributed by atoms with Gasteiger partial charge >= 0.3 is 0 Å². The molecule has 2 amide bonds. The molecule has 0 saturated heterocycles. The summed E-state index contributed by atoms with van der Waals surface area (Å²) in [6.07, 6.45) is 1.40. The van der Waals surface area contributed by atoms with Gasteiger partial charge < -0.3 is 4.74 Å². The summed E-state index contributed by atoms with van der Waals surface area (Å²) in [6, 6.07) is 13.7. The van der Waals surface area contributed by atoms with Gasteiger partial charge in [-0.3, -0.25) is 9.59 Å². The van der Waals surface area contributed by atoms with Crippen LogP contribution in [-0.2, 0) is 9.53 Å². The zero-order valence-corrected chi connectivity index (χ0v) is 13.2. The van der Waals surface area contributed by atoms with Gasteiger partial charge in [-0.05, 0) is 25.1 Å². The first-order valence-electron chi connectivity index (χ1n) is 7.19. The molecule has 0 aromatic heterocycles. The van der Waals surface area contributed by atoms with Gasteiger partial charge in [-0.15, -0.1) is 0 Å². The quantitative estimate of drug-likeness (QED) is 0.488.